The summed E-state index contributed by atoms with van der Waals surface area (Å²) >= 11 is 0. The Kier molecular flexibility index (Phi) is 11.4. The van der Waals surface area contributed by atoms with E-state index in [9.17, 15) is 0 Å². The van der Waals surface area contributed by atoms with Gasteiger partial charge in [0.15, 0.2) is 0 Å². The highest BCUT2D eigenvalue weighted by Gasteiger charge is 2.31. The van der Waals surface area contributed by atoms with Gasteiger partial charge in [-0.15, -0.1) is 6.58 Å². The fourth-order valence-electron chi connectivity index (χ4n) is 5.60. The Balaban J connectivity index is 0.000000215. The first-order valence-electron chi connectivity index (χ1n) is 14.2. The van der Waals surface area contributed by atoms with E-state index in [1.54, 1.807) is 0 Å². The van der Waals surface area contributed by atoms with Crippen molar-refractivity contribution in [2.24, 2.45) is 0 Å². The minimum absolute atomic E-state index is 0.666. The monoisotopic (exact) mass is 526 g/mol. The second kappa shape index (κ2) is 15.7. The van der Waals surface area contributed by atoms with Crippen LogP contribution in [0, 0.1) is 0 Å². The third kappa shape index (κ3) is 7.69. The topological polar surface area (TPSA) is 0 Å². The molecule has 5 aromatic carbocycles. The van der Waals surface area contributed by atoms with E-state index in [4.69, 9.17) is 0 Å². The maximum Gasteiger partial charge on any atom is 0.108 e. The molecule has 0 amide bonds. The van der Waals surface area contributed by atoms with Gasteiger partial charge in [-0.25, -0.2) is 0 Å². The van der Waals surface area contributed by atoms with Crippen LogP contribution in [0.4, 0.5) is 0 Å². The molecular weight excluding hydrogens is 486 g/mol. The summed E-state index contributed by atoms with van der Waals surface area (Å²) in [5.74, 6) is 0. The van der Waals surface area contributed by atoms with Crippen LogP contribution >= 0.6 is 8.58 Å². The summed E-state index contributed by atoms with van der Waals surface area (Å²) in [6, 6.07) is 54.3. The Morgan fingerprint density at radius 1 is 0.487 bits per heavy atom. The van der Waals surface area contributed by atoms with Gasteiger partial charge in [0.1, 0.15) is 6.15 Å². The van der Waals surface area contributed by atoms with E-state index in [0.29, 0.717) is 8.58 Å². The lowest BCUT2D eigenvalue weighted by atomic mass is 9.13. The molecule has 0 aliphatic heterocycles. The first-order valence-corrected chi connectivity index (χ1v) is 15.8. The summed E-state index contributed by atoms with van der Waals surface area (Å²) in [7, 11) is 0.666. The normalized spacial score (nSPS) is 11.1. The van der Waals surface area contributed by atoms with Crippen LogP contribution in [0.3, 0.4) is 0 Å². The molecule has 0 fully saturated rings. The van der Waals surface area contributed by atoms with E-state index in [-0.39, 0.29) is 0 Å². The van der Waals surface area contributed by atoms with Crippen LogP contribution in [0.1, 0.15) is 18.4 Å². The third-order valence-corrected chi connectivity index (χ3v) is 9.05. The van der Waals surface area contributed by atoms with Crippen molar-refractivity contribution in [2.75, 3.05) is 12.3 Å². The summed E-state index contributed by atoms with van der Waals surface area (Å²) < 4.78 is 0. The first kappa shape index (κ1) is 28.3. The van der Waals surface area contributed by atoms with Gasteiger partial charge < -0.3 is 0 Å². The lowest BCUT2D eigenvalue weighted by Gasteiger charge is -2.44. The van der Waals surface area contributed by atoms with Gasteiger partial charge in [0.25, 0.3) is 0 Å². The molecule has 0 saturated heterocycles. The zero-order chi connectivity index (χ0) is 27.0. The van der Waals surface area contributed by atoms with Gasteiger partial charge in [0.2, 0.25) is 0 Å². The van der Waals surface area contributed by atoms with Crippen molar-refractivity contribution in [3.05, 3.63) is 170 Å². The fourth-order valence-corrected chi connectivity index (χ4v) is 6.85. The quantitative estimate of drug-likeness (QED) is 0.0781. The molecule has 196 valence electrons. The van der Waals surface area contributed by atoms with Crippen LogP contribution in [0.5, 0.6) is 0 Å². The highest BCUT2D eigenvalue weighted by atomic mass is 31.1. The van der Waals surface area contributed by atoms with E-state index in [1.165, 1.54) is 59.0 Å². The Bertz CT molecular complexity index is 1170. The van der Waals surface area contributed by atoms with Crippen LogP contribution < -0.4 is 21.9 Å². The minimum Gasteiger partial charge on any atom is -0.195 e. The summed E-state index contributed by atoms with van der Waals surface area (Å²) in [6.07, 6.45) is 7.46. The molecule has 0 bridgehead atoms. The number of benzene rings is 5. The van der Waals surface area contributed by atoms with E-state index >= 15 is 0 Å². The highest BCUT2D eigenvalue weighted by molar-refractivity contribution is 7.37. The van der Waals surface area contributed by atoms with E-state index in [1.807, 2.05) is 6.08 Å². The van der Waals surface area contributed by atoms with Crippen molar-refractivity contribution in [3.63, 3.8) is 0 Å². The summed E-state index contributed by atoms with van der Waals surface area (Å²) in [6.45, 7) is 3.74. The van der Waals surface area contributed by atoms with E-state index in [2.05, 4.69) is 158 Å². The van der Waals surface area contributed by atoms with Gasteiger partial charge in [-0.05, 0) is 33.4 Å². The van der Waals surface area contributed by atoms with Crippen molar-refractivity contribution in [1.82, 2.24) is 0 Å². The molecule has 5 rings (SSSR count). The second-order valence-electron chi connectivity index (χ2n) is 10.0. The van der Waals surface area contributed by atoms with Crippen LogP contribution in [-0.2, 0) is 6.42 Å². The Morgan fingerprint density at radius 3 is 1.21 bits per heavy atom. The van der Waals surface area contributed by atoms with Gasteiger partial charge in [-0.1, -0.05) is 158 Å². The number of hydrogen-bond donors (Lipinski definition) is 0. The molecular formula is C37H40BP. The average Bonchev–Trinajstić information content (AvgIpc) is 3.02. The number of aryl methyl sites for hydroxylation is 1. The SMILES string of the molecule is C=CCC[PH2+]CCCc1ccccc1.c1ccc([B-](c2ccccc2)(c2ccccc2)c2ccccc2)cc1. The molecule has 0 aliphatic carbocycles. The smallest absolute Gasteiger partial charge is 0.108 e. The molecule has 0 radical (unpaired) electrons. The molecule has 2 heteroatoms. The largest absolute Gasteiger partial charge is 0.195 e. The molecule has 0 aliphatic rings. The minimum atomic E-state index is -1.22. The highest BCUT2D eigenvalue weighted by Crippen LogP contribution is 2.15. The molecule has 0 saturated carbocycles. The average molecular weight is 527 g/mol. The van der Waals surface area contributed by atoms with Gasteiger partial charge in [0, 0.05) is 0 Å². The zero-order valence-electron chi connectivity index (χ0n) is 22.9. The zero-order valence-corrected chi connectivity index (χ0v) is 24.1. The number of rotatable bonds is 11. The van der Waals surface area contributed by atoms with Crippen LogP contribution in [0.25, 0.3) is 0 Å². The maximum atomic E-state index is 3.74. The maximum absolute atomic E-state index is 3.74. The molecule has 1 unspecified atom stereocenters. The van der Waals surface area contributed by atoms with E-state index < -0.39 is 6.15 Å². The summed E-state index contributed by atoms with van der Waals surface area (Å²) in [4.78, 5) is 0. The Morgan fingerprint density at radius 2 is 0.846 bits per heavy atom. The third-order valence-electron chi connectivity index (χ3n) is 7.49. The van der Waals surface area contributed by atoms with Crippen LogP contribution in [-0.4, -0.2) is 18.5 Å². The van der Waals surface area contributed by atoms with Crippen molar-refractivity contribution in [2.45, 2.75) is 19.3 Å². The predicted octanol–water partition coefficient (Wildman–Crippen LogP) is 6.67. The second-order valence-corrected chi connectivity index (χ2v) is 11.8. The van der Waals surface area contributed by atoms with Crippen molar-refractivity contribution in [1.29, 1.82) is 0 Å². The first-order chi connectivity index (χ1) is 19.4. The van der Waals surface area contributed by atoms with Crippen LogP contribution in [0.2, 0.25) is 0 Å². The summed E-state index contributed by atoms with van der Waals surface area (Å²) in [5, 5.41) is 0. The summed E-state index contributed by atoms with van der Waals surface area (Å²) in [5.41, 5.74) is 6.84. The van der Waals surface area contributed by atoms with Crippen molar-refractivity contribution in [3.8, 4) is 0 Å². The molecule has 0 spiro atoms. The van der Waals surface area contributed by atoms with E-state index in [0.717, 1.165) is 0 Å². The predicted molar refractivity (Wildman–Crippen MR) is 179 cm³/mol. The lowest BCUT2D eigenvalue weighted by molar-refractivity contribution is 0.929. The molecule has 0 N–H and O–H groups in total. The van der Waals surface area contributed by atoms with Gasteiger partial charge in [-0.3, -0.25) is 0 Å². The molecule has 0 heterocycles. The molecule has 39 heavy (non-hydrogen) atoms. The number of hydrogen-bond acceptors (Lipinski definition) is 0. The van der Waals surface area contributed by atoms with Crippen molar-refractivity contribution >= 4 is 36.6 Å². The fraction of sp³-hybridized carbons (Fsp3) is 0.135. The van der Waals surface area contributed by atoms with Crippen molar-refractivity contribution < 1.29 is 0 Å². The van der Waals surface area contributed by atoms with Crippen LogP contribution in [0.15, 0.2) is 164 Å². The molecule has 0 nitrogen and oxygen atoms in total. The van der Waals surface area contributed by atoms with Gasteiger partial charge >= 0.3 is 0 Å². The molecule has 0 aromatic heterocycles. The Hall–Kier alpha value is -3.67. The number of allylic oxidation sites excluding steroid dienone is 1. The van der Waals surface area contributed by atoms with Gasteiger partial charge in [0.05, 0.1) is 12.3 Å². The lowest BCUT2D eigenvalue weighted by Crippen LogP contribution is -2.74. The standard InChI is InChI=1S/C24H20B.C13H19P/c1-5-13-21(14-6-1)25(22-15-7-2-8-16-22,23-17-9-3-10-18-23)24-19-11-4-12-20-24;1-2-3-11-14-12-7-10-13-8-5-4-6-9-13/h1-20H;2,4-6,8-9,14H,1,3,7,10-12H2/q-1;/p+1. The molecule has 5 aromatic rings. The Labute approximate surface area is 237 Å². The molecule has 1 atom stereocenters. The van der Waals surface area contributed by atoms with Gasteiger partial charge in [-0.2, -0.15) is 21.9 Å².